The highest BCUT2D eigenvalue weighted by Crippen LogP contribution is 2.12. The Hall–Kier alpha value is -1.53. The highest BCUT2D eigenvalue weighted by molar-refractivity contribution is 7.99. The van der Waals surface area contributed by atoms with Crippen LogP contribution >= 0.6 is 23.4 Å². The van der Waals surface area contributed by atoms with Gasteiger partial charge in [-0.15, -0.1) is 5.10 Å². The molecule has 2 aromatic rings. The third-order valence-corrected chi connectivity index (χ3v) is 3.37. The molecule has 19 heavy (non-hydrogen) atoms. The molecule has 0 fully saturated rings. The Morgan fingerprint density at radius 3 is 3.05 bits per heavy atom. The number of carbonyl (C=O) groups is 1. The molecule has 0 atom stereocenters. The van der Waals surface area contributed by atoms with Crippen molar-refractivity contribution >= 4 is 29.3 Å². The molecule has 1 heterocycles. The van der Waals surface area contributed by atoms with Crippen molar-refractivity contribution in [1.29, 1.82) is 0 Å². The van der Waals surface area contributed by atoms with Crippen molar-refractivity contribution in [3.05, 3.63) is 40.7 Å². The number of benzene rings is 1. The van der Waals surface area contributed by atoms with E-state index in [-0.39, 0.29) is 11.7 Å². The summed E-state index contributed by atoms with van der Waals surface area (Å²) in [6.45, 7) is 2.28. The van der Waals surface area contributed by atoms with Crippen molar-refractivity contribution in [3.63, 3.8) is 0 Å². The lowest BCUT2D eigenvalue weighted by molar-refractivity contribution is -0.118. The molecule has 1 aromatic carbocycles. The minimum Gasteiger partial charge on any atom is -0.351 e. The van der Waals surface area contributed by atoms with Crippen LogP contribution in [0.4, 0.5) is 0 Å². The number of aromatic nitrogens is 3. The van der Waals surface area contributed by atoms with Crippen molar-refractivity contribution in [1.82, 2.24) is 20.5 Å². The Kier molecular flexibility index (Phi) is 4.81. The zero-order valence-electron chi connectivity index (χ0n) is 10.3. The molecule has 2 rings (SSSR count). The molecule has 0 radical (unpaired) electrons. The van der Waals surface area contributed by atoms with Crippen LogP contribution in [0.2, 0.25) is 5.02 Å². The molecule has 0 unspecified atom stereocenters. The van der Waals surface area contributed by atoms with Crippen molar-refractivity contribution in [3.8, 4) is 0 Å². The Labute approximate surface area is 120 Å². The maximum Gasteiger partial charge on any atom is 0.230 e. The fourth-order valence-electron chi connectivity index (χ4n) is 1.42. The summed E-state index contributed by atoms with van der Waals surface area (Å²) in [6, 6.07) is 7.40. The van der Waals surface area contributed by atoms with Crippen LogP contribution in [-0.2, 0) is 11.3 Å². The molecule has 1 amide bonds. The number of nitrogens with zero attached hydrogens (tertiary/aromatic N) is 2. The number of hydrogen-bond donors (Lipinski definition) is 2. The Bertz CT molecular complexity index is 572. The van der Waals surface area contributed by atoms with E-state index in [2.05, 4.69) is 20.5 Å². The van der Waals surface area contributed by atoms with Crippen LogP contribution in [0.1, 0.15) is 11.4 Å². The summed E-state index contributed by atoms with van der Waals surface area (Å²) >= 11 is 7.16. The molecule has 7 heteroatoms. The van der Waals surface area contributed by atoms with Gasteiger partial charge in [0.05, 0.1) is 5.75 Å². The van der Waals surface area contributed by atoms with E-state index in [0.29, 0.717) is 16.7 Å². The number of carbonyl (C=O) groups excluding carboxylic acids is 1. The van der Waals surface area contributed by atoms with Crippen LogP contribution in [0.3, 0.4) is 0 Å². The predicted octanol–water partition coefficient (Wildman–Crippen LogP) is 2.18. The average molecular weight is 297 g/mol. The first kappa shape index (κ1) is 13.9. The monoisotopic (exact) mass is 296 g/mol. The van der Waals surface area contributed by atoms with Gasteiger partial charge in [0.2, 0.25) is 11.1 Å². The second-order valence-corrected chi connectivity index (χ2v) is 5.28. The molecule has 0 spiro atoms. The summed E-state index contributed by atoms with van der Waals surface area (Å²) in [5, 5.41) is 10.7. The first-order chi connectivity index (χ1) is 9.13. The third-order valence-electron chi connectivity index (χ3n) is 2.29. The van der Waals surface area contributed by atoms with Gasteiger partial charge in [0.25, 0.3) is 0 Å². The second-order valence-electron chi connectivity index (χ2n) is 3.90. The number of hydrogen-bond acceptors (Lipinski definition) is 4. The minimum atomic E-state index is -0.0626. The molecule has 5 nitrogen and oxygen atoms in total. The van der Waals surface area contributed by atoms with Crippen molar-refractivity contribution in [2.45, 2.75) is 18.6 Å². The lowest BCUT2D eigenvalue weighted by atomic mass is 10.2. The highest BCUT2D eigenvalue weighted by Gasteiger charge is 2.06. The maximum atomic E-state index is 11.7. The third kappa shape index (κ3) is 4.57. The molecule has 0 saturated heterocycles. The van der Waals surface area contributed by atoms with E-state index in [1.54, 1.807) is 6.07 Å². The minimum absolute atomic E-state index is 0.0626. The van der Waals surface area contributed by atoms with E-state index >= 15 is 0 Å². The van der Waals surface area contributed by atoms with Crippen molar-refractivity contribution in [2.75, 3.05) is 5.75 Å². The largest absolute Gasteiger partial charge is 0.351 e. The van der Waals surface area contributed by atoms with Gasteiger partial charge >= 0.3 is 0 Å². The molecule has 0 aliphatic rings. The van der Waals surface area contributed by atoms with Gasteiger partial charge in [-0.25, -0.2) is 4.98 Å². The number of H-pyrrole nitrogens is 1. The quantitative estimate of drug-likeness (QED) is 0.830. The standard InChI is InChI=1S/C12H13ClN4OS/c1-8-15-12(17-16-8)19-7-11(18)14-6-9-3-2-4-10(13)5-9/h2-5H,6-7H2,1H3,(H,14,18)(H,15,16,17). The SMILES string of the molecule is Cc1nc(SCC(=O)NCc2cccc(Cl)c2)n[nH]1. The van der Waals surface area contributed by atoms with Crippen LogP contribution in [-0.4, -0.2) is 26.8 Å². The van der Waals surface area contributed by atoms with E-state index in [4.69, 9.17) is 11.6 Å². The van der Waals surface area contributed by atoms with E-state index in [0.717, 1.165) is 11.4 Å². The first-order valence-corrected chi connectivity index (χ1v) is 7.03. The topological polar surface area (TPSA) is 70.7 Å². The van der Waals surface area contributed by atoms with E-state index in [1.165, 1.54) is 11.8 Å². The number of aromatic amines is 1. The van der Waals surface area contributed by atoms with Crippen molar-refractivity contribution in [2.24, 2.45) is 0 Å². The van der Waals surface area contributed by atoms with Gasteiger partial charge in [-0.05, 0) is 24.6 Å². The van der Waals surface area contributed by atoms with Crippen LogP contribution in [0, 0.1) is 6.92 Å². The molecule has 0 aliphatic carbocycles. The highest BCUT2D eigenvalue weighted by atomic mass is 35.5. The van der Waals surface area contributed by atoms with Gasteiger partial charge in [0, 0.05) is 11.6 Å². The van der Waals surface area contributed by atoms with Crippen LogP contribution in [0.25, 0.3) is 0 Å². The van der Waals surface area contributed by atoms with E-state index in [9.17, 15) is 4.79 Å². The molecule has 0 aliphatic heterocycles. The van der Waals surface area contributed by atoms with Gasteiger partial charge in [0.15, 0.2) is 0 Å². The van der Waals surface area contributed by atoms with Gasteiger partial charge in [0.1, 0.15) is 5.82 Å². The van der Waals surface area contributed by atoms with Crippen LogP contribution in [0.15, 0.2) is 29.4 Å². The first-order valence-electron chi connectivity index (χ1n) is 5.66. The summed E-state index contributed by atoms with van der Waals surface area (Å²) < 4.78 is 0. The summed E-state index contributed by atoms with van der Waals surface area (Å²) in [4.78, 5) is 15.8. The van der Waals surface area contributed by atoms with Gasteiger partial charge in [-0.3, -0.25) is 9.89 Å². The molecule has 100 valence electrons. The fourth-order valence-corrected chi connectivity index (χ4v) is 2.30. The number of rotatable bonds is 5. The normalized spacial score (nSPS) is 10.4. The van der Waals surface area contributed by atoms with Gasteiger partial charge in [-0.1, -0.05) is 35.5 Å². The van der Waals surface area contributed by atoms with Crippen LogP contribution in [0.5, 0.6) is 0 Å². The molecule has 1 aromatic heterocycles. The Morgan fingerprint density at radius 1 is 1.53 bits per heavy atom. The Morgan fingerprint density at radius 2 is 2.37 bits per heavy atom. The van der Waals surface area contributed by atoms with Crippen LogP contribution < -0.4 is 5.32 Å². The van der Waals surface area contributed by atoms with E-state index < -0.39 is 0 Å². The number of thioether (sulfide) groups is 1. The number of amides is 1. The maximum absolute atomic E-state index is 11.7. The Balaban J connectivity index is 1.75. The average Bonchev–Trinajstić information content (AvgIpc) is 2.80. The second kappa shape index (κ2) is 6.58. The number of aryl methyl sites for hydroxylation is 1. The number of halogens is 1. The summed E-state index contributed by atoms with van der Waals surface area (Å²) in [5.74, 6) is 0.965. The van der Waals surface area contributed by atoms with Gasteiger partial charge < -0.3 is 5.32 Å². The lowest BCUT2D eigenvalue weighted by Gasteiger charge is -2.04. The smallest absolute Gasteiger partial charge is 0.230 e. The summed E-state index contributed by atoms with van der Waals surface area (Å²) in [7, 11) is 0. The lowest BCUT2D eigenvalue weighted by Crippen LogP contribution is -2.24. The zero-order valence-corrected chi connectivity index (χ0v) is 11.9. The predicted molar refractivity (Wildman–Crippen MR) is 75.1 cm³/mol. The van der Waals surface area contributed by atoms with E-state index in [1.807, 2.05) is 25.1 Å². The molecule has 0 bridgehead atoms. The molecular formula is C12H13ClN4OS. The summed E-state index contributed by atoms with van der Waals surface area (Å²) in [6.07, 6.45) is 0. The summed E-state index contributed by atoms with van der Waals surface area (Å²) in [5.41, 5.74) is 0.972. The molecule has 2 N–H and O–H groups in total. The number of nitrogens with one attached hydrogen (secondary N) is 2. The van der Waals surface area contributed by atoms with Crippen molar-refractivity contribution < 1.29 is 4.79 Å². The zero-order chi connectivity index (χ0) is 13.7. The fraction of sp³-hybridized carbons (Fsp3) is 0.250. The molecular weight excluding hydrogens is 284 g/mol. The molecule has 0 saturated carbocycles. The van der Waals surface area contributed by atoms with Gasteiger partial charge in [-0.2, -0.15) is 0 Å².